The van der Waals surface area contributed by atoms with Crippen molar-refractivity contribution in [1.82, 2.24) is 24.5 Å². The number of hydrogen-bond acceptors (Lipinski definition) is 5. The highest BCUT2D eigenvalue weighted by Crippen LogP contribution is 2.54. The second-order valence-corrected chi connectivity index (χ2v) is 18.2. The first kappa shape index (κ1) is 41.2. The average Bonchev–Trinajstić information content (AvgIpc) is 3.78. The van der Waals surface area contributed by atoms with E-state index >= 15 is 0 Å². The van der Waals surface area contributed by atoms with Gasteiger partial charge in [-0.05, 0) is 112 Å². The second kappa shape index (κ2) is 17.0. The third-order valence-electron chi connectivity index (χ3n) is 14.0. The first-order valence-electron chi connectivity index (χ1n) is 24.3. The molecule has 8 aromatic carbocycles. The zero-order chi connectivity index (χ0) is 47.5. The van der Waals surface area contributed by atoms with E-state index in [4.69, 9.17) is 19.9 Å². The number of benzene rings is 8. The molecule has 0 fully saturated rings. The molecule has 14 rings (SSSR count). The minimum Gasteiger partial charge on any atom is -0.294 e. The van der Waals surface area contributed by atoms with Gasteiger partial charge in [-0.25, -0.2) is 9.97 Å². The van der Waals surface area contributed by atoms with Crippen LogP contribution >= 0.6 is 0 Å². The number of aromatic nitrogens is 5. The zero-order valence-electron chi connectivity index (χ0n) is 38.9. The van der Waals surface area contributed by atoms with Crippen LogP contribution in [0.1, 0.15) is 0 Å². The molecule has 6 heteroatoms. The lowest BCUT2D eigenvalue weighted by molar-refractivity contribution is 1.08. The van der Waals surface area contributed by atoms with Gasteiger partial charge in [0.05, 0.1) is 45.2 Å². The van der Waals surface area contributed by atoms with Gasteiger partial charge in [0.2, 0.25) is 0 Å². The largest absolute Gasteiger partial charge is 0.294 e. The van der Waals surface area contributed by atoms with Gasteiger partial charge in [0, 0.05) is 56.4 Å². The fourth-order valence-electron chi connectivity index (χ4n) is 10.7. The minimum absolute atomic E-state index is 0.813. The lowest BCUT2D eigenvalue weighted by Crippen LogP contribution is -2.17. The van der Waals surface area contributed by atoms with Gasteiger partial charge in [-0.2, -0.15) is 0 Å². The summed E-state index contributed by atoms with van der Waals surface area (Å²) in [6, 6.07) is 86.0. The molecule has 5 aromatic heterocycles. The van der Waals surface area contributed by atoms with Crippen LogP contribution in [0.15, 0.2) is 255 Å². The molecule has 0 saturated carbocycles. The molecular formula is C66H42N6. The zero-order valence-corrected chi connectivity index (χ0v) is 38.9. The molecule has 0 spiro atoms. The molecule has 0 bridgehead atoms. The van der Waals surface area contributed by atoms with Crippen molar-refractivity contribution in [2.75, 3.05) is 4.90 Å². The maximum atomic E-state index is 5.62. The molecule has 336 valence electrons. The Hall–Kier alpha value is -9.78. The number of pyridine rings is 4. The average molecular weight is 919 g/mol. The molecule has 1 aliphatic rings. The molecule has 0 saturated heterocycles. The fourth-order valence-corrected chi connectivity index (χ4v) is 10.7. The monoisotopic (exact) mass is 918 g/mol. The molecule has 0 aliphatic carbocycles. The molecule has 0 unspecified atom stereocenters. The predicted octanol–water partition coefficient (Wildman–Crippen LogP) is 17.0. The van der Waals surface area contributed by atoms with E-state index in [1.54, 1.807) is 0 Å². The number of anilines is 3. The molecule has 0 N–H and O–H groups in total. The van der Waals surface area contributed by atoms with Gasteiger partial charge in [0.25, 0.3) is 0 Å². The van der Waals surface area contributed by atoms with Crippen molar-refractivity contribution in [1.29, 1.82) is 0 Å². The summed E-state index contributed by atoms with van der Waals surface area (Å²) >= 11 is 0. The summed E-state index contributed by atoms with van der Waals surface area (Å²) in [4.78, 5) is 23.2. The fraction of sp³-hybridized carbons (Fsp3) is 0. The molecule has 6 heterocycles. The number of fused-ring (bicyclic) bond motifs is 5. The van der Waals surface area contributed by atoms with E-state index in [9.17, 15) is 0 Å². The van der Waals surface area contributed by atoms with E-state index in [-0.39, 0.29) is 0 Å². The smallest absolute Gasteiger partial charge is 0.138 e. The summed E-state index contributed by atoms with van der Waals surface area (Å²) in [5, 5.41) is 4.47. The Bertz CT molecular complexity index is 4060. The van der Waals surface area contributed by atoms with E-state index in [0.29, 0.717) is 0 Å². The Balaban J connectivity index is 1.11. The summed E-state index contributed by atoms with van der Waals surface area (Å²) < 4.78 is 2.35. The Morgan fingerprint density at radius 2 is 0.833 bits per heavy atom. The van der Waals surface area contributed by atoms with Crippen molar-refractivity contribution in [3.05, 3.63) is 255 Å². The van der Waals surface area contributed by atoms with E-state index in [1.807, 2.05) is 30.6 Å². The van der Waals surface area contributed by atoms with E-state index in [0.717, 1.165) is 134 Å². The maximum absolute atomic E-state index is 5.62. The molecule has 72 heavy (non-hydrogen) atoms. The quantitative estimate of drug-likeness (QED) is 0.152. The van der Waals surface area contributed by atoms with Crippen LogP contribution in [0.3, 0.4) is 0 Å². The van der Waals surface area contributed by atoms with Crippen molar-refractivity contribution < 1.29 is 0 Å². The molecule has 1 aliphatic heterocycles. The minimum atomic E-state index is 0.813. The lowest BCUT2D eigenvalue weighted by atomic mass is 9.87. The first-order chi connectivity index (χ1) is 35.7. The van der Waals surface area contributed by atoms with E-state index in [2.05, 4.69) is 234 Å². The normalized spacial score (nSPS) is 11.9. The van der Waals surface area contributed by atoms with Crippen molar-refractivity contribution >= 4 is 49.8 Å². The van der Waals surface area contributed by atoms with Crippen LogP contribution in [-0.2, 0) is 0 Å². The highest BCUT2D eigenvalue weighted by molar-refractivity contribution is 6.21. The molecule has 0 radical (unpaired) electrons. The van der Waals surface area contributed by atoms with Crippen LogP contribution in [0, 0.1) is 0 Å². The lowest BCUT2D eigenvalue weighted by Gasteiger charge is -2.34. The highest BCUT2D eigenvalue weighted by Gasteiger charge is 2.31. The summed E-state index contributed by atoms with van der Waals surface area (Å²) in [5.41, 5.74) is 18.6. The number of hydrogen-bond donors (Lipinski definition) is 0. The van der Waals surface area contributed by atoms with Gasteiger partial charge in [-0.15, -0.1) is 0 Å². The highest BCUT2D eigenvalue weighted by atomic mass is 15.2. The summed E-state index contributed by atoms with van der Waals surface area (Å²) in [6.45, 7) is 0. The van der Waals surface area contributed by atoms with Crippen LogP contribution in [-0.4, -0.2) is 24.5 Å². The molecule has 6 nitrogen and oxygen atoms in total. The van der Waals surface area contributed by atoms with E-state index in [1.165, 1.54) is 0 Å². The molecule has 13 aromatic rings. The van der Waals surface area contributed by atoms with E-state index < -0.39 is 0 Å². The molecular weight excluding hydrogens is 877 g/mol. The third-order valence-corrected chi connectivity index (χ3v) is 14.0. The Kier molecular flexibility index (Phi) is 9.74. The number of nitrogens with zero attached hydrogens (tertiary/aromatic N) is 6. The van der Waals surface area contributed by atoms with Crippen molar-refractivity contribution in [3.63, 3.8) is 0 Å². The van der Waals surface area contributed by atoms with Crippen molar-refractivity contribution in [3.8, 4) is 84.2 Å². The van der Waals surface area contributed by atoms with Crippen LogP contribution in [0.4, 0.5) is 17.2 Å². The maximum Gasteiger partial charge on any atom is 0.138 e. The number of rotatable bonds is 8. The third kappa shape index (κ3) is 6.96. The van der Waals surface area contributed by atoms with Crippen LogP contribution in [0.25, 0.3) is 117 Å². The van der Waals surface area contributed by atoms with Crippen LogP contribution < -0.4 is 4.90 Å². The SMILES string of the molecule is c1ccc(-c2cc(-c3ccccc3)nc(N3c4cc5c(cc4-c4ccc(-c6ccccn6)c6cccc3c46)c3cc(-c4ccccn4)ccc3n5-c3cc(-c4ccccc4)cc(-c4ccccc4)n3)c2)cc1. The Morgan fingerprint density at radius 3 is 1.46 bits per heavy atom. The Labute approximate surface area is 416 Å². The summed E-state index contributed by atoms with van der Waals surface area (Å²) in [7, 11) is 0. The van der Waals surface area contributed by atoms with Crippen LogP contribution in [0.5, 0.6) is 0 Å². The second-order valence-electron chi connectivity index (χ2n) is 18.2. The summed E-state index contributed by atoms with van der Waals surface area (Å²) in [5.74, 6) is 1.63. The van der Waals surface area contributed by atoms with Gasteiger partial charge in [0.15, 0.2) is 0 Å². The van der Waals surface area contributed by atoms with Gasteiger partial charge in [-0.3, -0.25) is 19.4 Å². The first-order valence-corrected chi connectivity index (χ1v) is 24.3. The Morgan fingerprint density at radius 1 is 0.278 bits per heavy atom. The summed E-state index contributed by atoms with van der Waals surface area (Å²) in [6.07, 6.45) is 3.73. The van der Waals surface area contributed by atoms with Gasteiger partial charge >= 0.3 is 0 Å². The van der Waals surface area contributed by atoms with Crippen molar-refractivity contribution in [2.24, 2.45) is 0 Å². The predicted molar refractivity (Wildman–Crippen MR) is 296 cm³/mol. The van der Waals surface area contributed by atoms with Gasteiger partial charge in [-0.1, -0.05) is 164 Å². The molecule has 0 amide bonds. The van der Waals surface area contributed by atoms with Crippen LogP contribution in [0.2, 0.25) is 0 Å². The van der Waals surface area contributed by atoms with Gasteiger partial charge in [0.1, 0.15) is 11.6 Å². The van der Waals surface area contributed by atoms with Gasteiger partial charge < -0.3 is 0 Å². The molecule has 0 atom stereocenters. The topological polar surface area (TPSA) is 59.7 Å². The van der Waals surface area contributed by atoms with Crippen molar-refractivity contribution in [2.45, 2.75) is 0 Å². The standard InChI is InChI=1S/C66H42N6/c1-5-18-43(19-6-1)48-37-58(45-22-9-3-10-23-45)69-64(39-48)71-60-33-30-47(56-27-13-15-34-67-56)36-53(60)55-41-54-52-32-31-50(57-28-14-16-35-68-57)51-26-17-29-61(66(51)52)72(62(54)42-63(55)71)65-40-49(44-20-7-2-8-21-44)38-59(70-65)46-24-11-4-12-25-46/h1-42H.